The standard InChI is InChI=1S/Co.Ir.Ru.Ti. The zero-order chi connectivity index (χ0) is 2.00. The maximum absolute atomic E-state index is 3.56. The molecule has 0 aromatic rings. The van der Waals surface area contributed by atoms with Gasteiger partial charge in [0.25, 0.3) is 0 Å². The van der Waals surface area contributed by atoms with Crippen LogP contribution in [0.2, 0.25) is 0 Å². The topological polar surface area (TPSA) is 0 Å². The van der Waals surface area contributed by atoms with E-state index in [0.717, 1.165) is 0 Å². The zero-order valence-corrected chi connectivity index (χ0v) is 8.26. The zero-order valence-electron chi connectivity index (χ0n) is 1.52. The molecule has 0 atom stereocenters. The third-order valence-corrected chi connectivity index (χ3v) is 0. The smallest absolute Gasteiger partial charge is 0 e. The van der Waals surface area contributed by atoms with E-state index in [1.165, 1.54) is 0 Å². The van der Waals surface area contributed by atoms with Crippen molar-refractivity contribution in [3.8, 4) is 0 Å². The van der Waals surface area contributed by atoms with Crippen LogP contribution in [-0.4, -0.2) is 0 Å². The van der Waals surface area contributed by atoms with Gasteiger partial charge in [0, 0.05) is 41.2 Å². The van der Waals surface area contributed by atoms with Gasteiger partial charge < -0.3 is 0 Å². The largest absolute Gasteiger partial charge is 0 e. The summed E-state index contributed by atoms with van der Waals surface area (Å²) < 4.78 is 0. The molecule has 0 rings (SSSR count). The van der Waals surface area contributed by atoms with Crippen LogP contribution in [0.1, 0.15) is 0 Å². The SMILES string of the molecule is [Co][Ir].[Ru].[Ti]. The van der Waals surface area contributed by atoms with E-state index in [2.05, 4.69) is 13.3 Å². The van der Waals surface area contributed by atoms with Crippen LogP contribution in [0, 0.1) is 0 Å². The van der Waals surface area contributed by atoms with Gasteiger partial charge in [0.1, 0.15) is 0 Å². The molecule has 0 bridgehead atoms. The van der Waals surface area contributed by atoms with Crippen LogP contribution in [0.25, 0.3) is 0 Å². The van der Waals surface area contributed by atoms with Crippen molar-refractivity contribution >= 4 is 0 Å². The molecular formula is CoIrRuTi. The Hall–Kier alpha value is 2.49. The molecule has 0 N–H and O–H groups in total. The van der Waals surface area contributed by atoms with Gasteiger partial charge in [0.15, 0.2) is 0 Å². The predicted molar refractivity (Wildman–Crippen MR) is 0 cm³/mol. The van der Waals surface area contributed by atoms with Crippen LogP contribution in [0.4, 0.5) is 0 Å². The summed E-state index contributed by atoms with van der Waals surface area (Å²) in [6.07, 6.45) is 0. The summed E-state index contributed by atoms with van der Waals surface area (Å²) in [5.41, 5.74) is 0. The molecule has 0 aromatic carbocycles. The second-order valence-corrected chi connectivity index (χ2v) is 0. The molecule has 0 aliphatic carbocycles. The van der Waals surface area contributed by atoms with Gasteiger partial charge in [-0.25, -0.2) is 0 Å². The van der Waals surface area contributed by atoms with Crippen molar-refractivity contribution in [2.45, 2.75) is 0 Å². The van der Waals surface area contributed by atoms with Crippen LogP contribution in [0.3, 0.4) is 0 Å². The second-order valence-electron chi connectivity index (χ2n) is 0. The summed E-state index contributed by atoms with van der Waals surface area (Å²) in [5, 5.41) is 0. The Morgan fingerprint density at radius 1 is 1.25 bits per heavy atom. The van der Waals surface area contributed by atoms with Crippen LogP contribution < -0.4 is 0 Å². The van der Waals surface area contributed by atoms with Crippen molar-refractivity contribution in [2.24, 2.45) is 0 Å². The summed E-state index contributed by atoms with van der Waals surface area (Å²) in [5.74, 6) is 0. The van der Waals surface area contributed by atoms with Crippen molar-refractivity contribution in [1.29, 1.82) is 0 Å². The Labute approximate surface area is 70.4 Å². The van der Waals surface area contributed by atoms with E-state index in [1.807, 2.05) is 0 Å². The van der Waals surface area contributed by atoms with Crippen LogP contribution in [0.5, 0.6) is 0 Å². The van der Waals surface area contributed by atoms with Gasteiger partial charge in [-0.2, -0.15) is 0 Å². The van der Waals surface area contributed by atoms with E-state index in [4.69, 9.17) is 0 Å². The van der Waals surface area contributed by atoms with Crippen LogP contribution in [-0.2, 0) is 71.5 Å². The maximum atomic E-state index is 3.56. The summed E-state index contributed by atoms with van der Waals surface area (Å²) in [6.45, 7) is 0. The third-order valence-electron chi connectivity index (χ3n) is 0. The molecule has 0 amide bonds. The van der Waals surface area contributed by atoms with E-state index in [0.29, 0.717) is 0 Å². The van der Waals surface area contributed by atoms with Gasteiger partial charge in [-0.1, -0.05) is 0 Å². The second kappa shape index (κ2) is 17.8. The van der Waals surface area contributed by atoms with Gasteiger partial charge >= 0.3 is 30.3 Å². The van der Waals surface area contributed by atoms with Crippen molar-refractivity contribution < 1.29 is 71.5 Å². The Morgan fingerprint density at radius 3 is 1.25 bits per heavy atom. The first-order valence-electron chi connectivity index (χ1n) is 0.111. The Bertz CT molecular complexity index is 8.00. The number of hydrogen-bond acceptors (Lipinski definition) is 0. The molecular weight excluding hydrogens is 400 g/mol. The first kappa shape index (κ1) is 16.1. The third kappa shape index (κ3) is 8.82. The first-order valence-corrected chi connectivity index (χ1v) is 3.75. The fourth-order valence-electron chi connectivity index (χ4n) is 0. The molecule has 0 unspecified atom stereocenters. The number of rotatable bonds is 0. The maximum Gasteiger partial charge on any atom is 0 e. The molecule has 0 radical (unpaired) electrons. The minimum Gasteiger partial charge on any atom is 0 e. The molecule has 0 fully saturated rings. The summed E-state index contributed by atoms with van der Waals surface area (Å²) in [4.78, 5) is 0. The monoisotopic (exact) mass is 402 g/mol. The Balaban J connectivity index is -0.00000000500. The molecule has 4 heteroatoms. The molecule has 0 aromatic heterocycles. The Kier molecular flexibility index (Phi) is 71.6. The van der Waals surface area contributed by atoms with Crippen molar-refractivity contribution in [3.05, 3.63) is 0 Å². The molecule has 0 nitrogen and oxygen atoms in total. The molecule has 4 heavy (non-hydrogen) atoms. The predicted octanol–water partition coefficient (Wildman–Crippen LogP) is -0.0100. The Morgan fingerprint density at radius 2 is 1.25 bits per heavy atom. The normalized spacial score (nSPS) is 2.00. The fourth-order valence-corrected chi connectivity index (χ4v) is 0. The summed E-state index contributed by atoms with van der Waals surface area (Å²) >= 11 is 5.25. The van der Waals surface area contributed by atoms with Gasteiger partial charge in [0.05, 0.1) is 0 Å². The van der Waals surface area contributed by atoms with Crippen molar-refractivity contribution in [3.63, 3.8) is 0 Å². The van der Waals surface area contributed by atoms with Crippen molar-refractivity contribution in [1.82, 2.24) is 0 Å². The van der Waals surface area contributed by atoms with Gasteiger partial charge in [0.2, 0.25) is 0 Å². The fraction of sp³-hybridized carbons (Fsp3) is 0. The molecule has 0 heterocycles. The first-order chi connectivity index (χ1) is 1.00. The summed E-state index contributed by atoms with van der Waals surface area (Å²) in [7, 11) is 0. The molecule has 0 aliphatic rings. The quantitative estimate of drug-likeness (QED) is 0.503. The molecule has 30 valence electrons. The number of hydrogen-bond donors (Lipinski definition) is 0. The summed E-state index contributed by atoms with van der Waals surface area (Å²) in [6, 6.07) is 0. The molecule has 0 saturated carbocycles. The van der Waals surface area contributed by atoms with Gasteiger partial charge in [-0.05, 0) is 0 Å². The average molecular weight is 400 g/mol. The van der Waals surface area contributed by atoms with Crippen LogP contribution in [0.15, 0.2) is 0 Å². The van der Waals surface area contributed by atoms with E-state index in [9.17, 15) is 0 Å². The molecule has 0 saturated heterocycles. The van der Waals surface area contributed by atoms with Crippen molar-refractivity contribution in [2.75, 3.05) is 0 Å². The van der Waals surface area contributed by atoms with Gasteiger partial charge in [-0.15, -0.1) is 0 Å². The molecule has 0 spiro atoms. The average Bonchev–Trinajstić information content (AvgIpc) is 1.00. The van der Waals surface area contributed by atoms with E-state index >= 15 is 0 Å². The van der Waals surface area contributed by atoms with E-state index in [-0.39, 0.29) is 41.2 Å². The minimum atomic E-state index is 0. The molecule has 0 aliphatic heterocycles. The van der Waals surface area contributed by atoms with Gasteiger partial charge in [-0.3, -0.25) is 0 Å². The minimum absolute atomic E-state index is 0. The van der Waals surface area contributed by atoms with E-state index in [1.54, 1.807) is 16.9 Å². The van der Waals surface area contributed by atoms with Crippen LogP contribution >= 0.6 is 0 Å². The van der Waals surface area contributed by atoms with E-state index < -0.39 is 0 Å².